The van der Waals surface area contributed by atoms with Crippen LogP contribution >= 0.6 is 15.9 Å². The molecule has 1 saturated heterocycles. The number of halogens is 1. The van der Waals surface area contributed by atoms with Crippen LogP contribution in [0.3, 0.4) is 0 Å². The molecule has 1 aliphatic rings. The second-order valence-corrected chi connectivity index (χ2v) is 7.38. The van der Waals surface area contributed by atoms with Crippen LogP contribution in [0, 0.1) is 0 Å². The van der Waals surface area contributed by atoms with Crippen LogP contribution in [0.2, 0.25) is 0 Å². The fraction of sp³-hybridized carbons (Fsp3) is 0.227. The molecule has 9 heteroatoms. The highest BCUT2D eigenvalue weighted by atomic mass is 79.9. The van der Waals surface area contributed by atoms with Gasteiger partial charge >= 0.3 is 5.97 Å². The Hall–Kier alpha value is -3.33. The zero-order chi connectivity index (χ0) is 22.5. The van der Waals surface area contributed by atoms with Crippen molar-refractivity contribution in [3.05, 3.63) is 58.1 Å². The van der Waals surface area contributed by atoms with Gasteiger partial charge in [0.1, 0.15) is 5.57 Å². The first-order chi connectivity index (χ1) is 14.8. The molecule has 0 unspecified atom stereocenters. The lowest BCUT2D eigenvalue weighted by atomic mass is 10.1. The van der Waals surface area contributed by atoms with Crippen LogP contribution in [-0.2, 0) is 19.1 Å². The predicted molar refractivity (Wildman–Crippen MR) is 117 cm³/mol. The highest BCUT2D eigenvalue weighted by Crippen LogP contribution is 2.38. The Morgan fingerprint density at radius 3 is 2.58 bits per heavy atom. The lowest BCUT2D eigenvalue weighted by Crippen LogP contribution is -2.35. The van der Waals surface area contributed by atoms with Gasteiger partial charge in [0.15, 0.2) is 17.6 Å². The van der Waals surface area contributed by atoms with Gasteiger partial charge in [0.25, 0.3) is 11.8 Å². The van der Waals surface area contributed by atoms with Gasteiger partial charge in [0.2, 0.25) is 0 Å². The molecular formula is C22H21BrN2O6. The zero-order valence-electron chi connectivity index (χ0n) is 17.2. The minimum absolute atomic E-state index is 0.0219. The van der Waals surface area contributed by atoms with Crippen molar-refractivity contribution >= 4 is 45.5 Å². The summed E-state index contributed by atoms with van der Waals surface area (Å²) in [7, 11) is 1.45. The van der Waals surface area contributed by atoms with Crippen molar-refractivity contribution in [3.63, 3.8) is 0 Å². The lowest BCUT2D eigenvalue weighted by molar-refractivity contribution is -0.150. The Morgan fingerprint density at radius 1 is 1.23 bits per heavy atom. The Kier molecular flexibility index (Phi) is 6.96. The van der Waals surface area contributed by atoms with E-state index in [0.29, 0.717) is 27.2 Å². The molecule has 8 nitrogen and oxygen atoms in total. The zero-order valence-corrected chi connectivity index (χ0v) is 18.8. The first-order valence-electron chi connectivity index (χ1n) is 9.48. The number of rotatable bonds is 7. The Bertz CT molecular complexity index is 1040. The van der Waals surface area contributed by atoms with E-state index in [9.17, 15) is 14.4 Å². The molecule has 0 radical (unpaired) electrons. The monoisotopic (exact) mass is 488 g/mol. The van der Waals surface area contributed by atoms with Gasteiger partial charge in [-0.1, -0.05) is 18.2 Å². The number of anilines is 1. The maximum Gasteiger partial charge on any atom is 0.347 e. The summed E-state index contributed by atoms with van der Waals surface area (Å²) in [6.07, 6.45) is 0.614. The van der Waals surface area contributed by atoms with E-state index in [1.165, 1.54) is 18.2 Å². The fourth-order valence-corrected chi connectivity index (χ4v) is 3.46. The predicted octanol–water partition coefficient (Wildman–Crippen LogP) is 3.25. The summed E-state index contributed by atoms with van der Waals surface area (Å²) >= 11 is 3.40. The highest BCUT2D eigenvalue weighted by Gasteiger charge is 2.34. The van der Waals surface area contributed by atoms with E-state index in [-0.39, 0.29) is 12.2 Å². The summed E-state index contributed by atoms with van der Waals surface area (Å²) in [4.78, 5) is 37.0. The van der Waals surface area contributed by atoms with E-state index in [1.807, 2.05) is 6.07 Å². The van der Waals surface area contributed by atoms with Gasteiger partial charge in [0.05, 0.1) is 23.9 Å². The number of esters is 1. The summed E-state index contributed by atoms with van der Waals surface area (Å²) in [5.41, 5.74) is 3.62. The van der Waals surface area contributed by atoms with Crippen molar-refractivity contribution in [1.82, 2.24) is 5.43 Å². The van der Waals surface area contributed by atoms with Crippen molar-refractivity contribution in [2.75, 3.05) is 18.7 Å². The van der Waals surface area contributed by atoms with Crippen LogP contribution in [0.1, 0.15) is 19.4 Å². The average Bonchev–Trinajstić information content (AvgIpc) is 3.04. The molecule has 3 rings (SSSR count). The van der Waals surface area contributed by atoms with Crippen LogP contribution in [0.15, 0.2) is 52.5 Å². The molecule has 1 atom stereocenters. The molecule has 0 bridgehead atoms. The second kappa shape index (κ2) is 9.65. The number of methoxy groups -OCH3 is 1. The quantitative estimate of drug-likeness (QED) is 0.365. The number of amides is 2. The van der Waals surface area contributed by atoms with Crippen LogP contribution in [0.25, 0.3) is 6.08 Å². The summed E-state index contributed by atoms with van der Waals surface area (Å²) in [6.45, 7) is 3.52. The van der Waals surface area contributed by atoms with E-state index in [1.54, 1.807) is 50.2 Å². The molecule has 0 aromatic heterocycles. The molecule has 2 amide bonds. The second-order valence-electron chi connectivity index (χ2n) is 6.52. The van der Waals surface area contributed by atoms with E-state index in [0.717, 1.165) is 0 Å². The largest absolute Gasteiger partial charge is 0.493 e. The van der Waals surface area contributed by atoms with Gasteiger partial charge in [0, 0.05) is 0 Å². The third kappa shape index (κ3) is 4.88. The van der Waals surface area contributed by atoms with E-state index in [2.05, 4.69) is 21.4 Å². The number of hydrogen-bond acceptors (Lipinski definition) is 6. The van der Waals surface area contributed by atoms with Crippen LogP contribution in [0.4, 0.5) is 5.69 Å². The molecule has 0 saturated carbocycles. The Morgan fingerprint density at radius 2 is 1.94 bits per heavy atom. The Balaban J connectivity index is 1.89. The first kappa shape index (κ1) is 22.4. The number of hydrogen-bond donors (Lipinski definition) is 1. The molecule has 1 heterocycles. The van der Waals surface area contributed by atoms with Crippen molar-refractivity contribution in [2.45, 2.75) is 20.0 Å². The maximum atomic E-state index is 12.8. The lowest BCUT2D eigenvalue weighted by Gasteiger charge is -2.17. The van der Waals surface area contributed by atoms with Gasteiger partial charge in [-0.05, 0) is 65.7 Å². The van der Waals surface area contributed by atoms with Gasteiger partial charge in [-0.25, -0.2) is 9.80 Å². The normalized spacial score (nSPS) is 15.6. The minimum atomic E-state index is -0.851. The number of carbonyl (C=O) groups is 3. The molecule has 1 fully saturated rings. The first-order valence-corrected chi connectivity index (χ1v) is 10.3. The standard InChI is InChI=1S/C22H21BrN2O6/c1-4-30-22(28)13(2)31-19-17(23)11-14(12-18(19)29-3)10-16-20(26)24-25(21(16)27)15-8-6-5-7-9-15/h5-13H,4H2,1-3H3,(H,24,26)/b16-10-/t13-/m1/s1. The smallest absolute Gasteiger partial charge is 0.347 e. The summed E-state index contributed by atoms with van der Waals surface area (Å²) in [6, 6.07) is 12.1. The number of benzene rings is 2. The number of nitrogens with one attached hydrogen (secondary N) is 1. The molecule has 0 aliphatic carbocycles. The molecule has 162 valence electrons. The van der Waals surface area contributed by atoms with Crippen molar-refractivity contribution in [1.29, 1.82) is 0 Å². The van der Waals surface area contributed by atoms with E-state index in [4.69, 9.17) is 14.2 Å². The van der Waals surface area contributed by atoms with Gasteiger partial charge < -0.3 is 14.2 Å². The minimum Gasteiger partial charge on any atom is -0.493 e. The van der Waals surface area contributed by atoms with Crippen molar-refractivity contribution in [3.8, 4) is 11.5 Å². The van der Waals surface area contributed by atoms with E-state index < -0.39 is 23.9 Å². The molecule has 2 aromatic rings. The Labute approximate surface area is 187 Å². The molecular weight excluding hydrogens is 468 g/mol. The highest BCUT2D eigenvalue weighted by molar-refractivity contribution is 9.10. The fourth-order valence-electron chi connectivity index (χ4n) is 2.90. The van der Waals surface area contributed by atoms with Crippen molar-refractivity contribution in [2.24, 2.45) is 0 Å². The van der Waals surface area contributed by atoms with E-state index >= 15 is 0 Å². The van der Waals surface area contributed by atoms with Crippen LogP contribution < -0.4 is 19.9 Å². The maximum absolute atomic E-state index is 12.8. The third-order valence-corrected chi connectivity index (χ3v) is 4.97. The summed E-state index contributed by atoms with van der Waals surface area (Å²) < 4.78 is 16.5. The third-order valence-electron chi connectivity index (χ3n) is 4.38. The molecule has 1 N–H and O–H groups in total. The molecule has 1 aliphatic heterocycles. The number of hydrazine groups is 1. The van der Waals surface area contributed by atoms with Crippen molar-refractivity contribution < 1.29 is 28.6 Å². The van der Waals surface area contributed by atoms with Crippen LogP contribution in [-0.4, -0.2) is 37.6 Å². The van der Waals surface area contributed by atoms with Gasteiger partial charge in [-0.2, -0.15) is 0 Å². The molecule has 0 spiro atoms. The average molecular weight is 489 g/mol. The number of para-hydroxylation sites is 1. The summed E-state index contributed by atoms with van der Waals surface area (Å²) in [5, 5.41) is 1.19. The SMILES string of the molecule is CCOC(=O)[C@@H](C)Oc1c(Br)cc(/C=C2/C(=O)NN(c3ccccc3)C2=O)cc1OC. The molecule has 2 aromatic carbocycles. The van der Waals surface area contributed by atoms with Gasteiger partial charge in [-0.3, -0.25) is 15.0 Å². The number of carbonyl (C=O) groups excluding carboxylic acids is 3. The number of ether oxygens (including phenoxy) is 3. The van der Waals surface area contributed by atoms with Gasteiger partial charge in [-0.15, -0.1) is 0 Å². The topological polar surface area (TPSA) is 94.2 Å². The molecule has 31 heavy (non-hydrogen) atoms. The van der Waals surface area contributed by atoms with Crippen LogP contribution in [0.5, 0.6) is 11.5 Å². The number of nitrogens with zero attached hydrogens (tertiary/aromatic N) is 1. The summed E-state index contributed by atoms with van der Waals surface area (Å²) in [5.74, 6) is -0.860.